The van der Waals surface area contributed by atoms with Crippen LogP contribution in [0.5, 0.6) is 0 Å². The van der Waals surface area contributed by atoms with Gasteiger partial charge in [-0.25, -0.2) is 0 Å². The number of nitrogens with one attached hydrogen (secondary N) is 1. The van der Waals surface area contributed by atoms with Crippen LogP contribution in [0.15, 0.2) is 60.7 Å². The molecule has 0 heterocycles. The summed E-state index contributed by atoms with van der Waals surface area (Å²) in [6.07, 6.45) is -1.14. The topological polar surface area (TPSA) is 75.6 Å². The van der Waals surface area contributed by atoms with Crippen LogP contribution in [0.4, 0.5) is 0 Å². The number of hydrogen-bond donors (Lipinski definition) is 2. The molecule has 2 aromatic rings. The Morgan fingerprint density at radius 3 is 1.85 bits per heavy atom. The average molecular weight is 369 g/mol. The van der Waals surface area contributed by atoms with E-state index in [-0.39, 0.29) is 5.91 Å². The van der Waals surface area contributed by atoms with E-state index in [1.165, 1.54) is 6.92 Å². The third-order valence-corrected chi connectivity index (χ3v) is 4.04. The molecular weight excluding hydrogens is 342 g/mol. The third kappa shape index (κ3) is 5.93. The van der Waals surface area contributed by atoms with Crippen LogP contribution in [0.3, 0.4) is 0 Å². The molecule has 0 spiro atoms. The van der Waals surface area contributed by atoms with E-state index in [0.29, 0.717) is 5.56 Å². The summed E-state index contributed by atoms with van der Waals surface area (Å²) in [5.41, 5.74) is 0.585. The zero-order valence-corrected chi connectivity index (χ0v) is 16.2. The molecule has 5 heteroatoms. The smallest absolute Gasteiger partial charge is 0.314 e. The molecule has 0 aromatic heterocycles. The molecule has 0 aliphatic heterocycles. The number of benzene rings is 2. The van der Waals surface area contributed by atoms with Gasteiger partial charge in [-0.05, 0) is 31.9 Å². The molecule has 1 amide bonds. The monoisotopic (exact) mass is 369 g/mol. The van der Waals surface area contributed by atoms with Gasteiger partial charge in [-0.1, -0.05) is 60.7 Å². The Morgan fingerprint density at radius 1 is 0.926 bits per heavy atom. The van der Waals surface area contributed by atoms with Crippen LogP contribution in [0.2, 0.25) is 0 Å². The maximum absolute atomic E-state index is 13.0. The van der Waals surface area contributed by atoms with E-state index in [2.05, 4.69) is 5.32 Å². The fraction of sp³-hybridized carbons (Fsp3) is 0.364. The van der Waals surface area contributed by atoms with E-state index >= 15 is 0 Å². The lowest BCUT2D eigenvalue weighted by atomic mass is 9.85. The zero-order valence-electron chi connectivity index (χ0n) is 16.2. The molecule has 0 saturated carbocycles. The first-order valence-electron chi connectivity index (χ1n) is 8.97. The Kier molecular flexibility index (Phi) is 6.75. The summed E-state index contributed by atoms with van der Waals surface area (Å²) in [6, 6.07) is 17.3. The minimum Gasteiger partial charge on any atom is -0.460 e. The lowest BCUT2D eigenvalue weighted by molar-refractivity contribution is -0.166. The van der Waals surface area contributed by atoms with Crippen LogP contribution >= 0.6 is 0 Å². The summed E-state index contributed by atoms with van der Waals surface area (Å²) >= 11 is 0. The molecule has 2 N–H and O–H groups in total. The van der Waals surface area contributed by atoms with Gasteiger partial charge in [0.2, 0.25) is 5.91 Å². The van der Waals surface area contributed by atoms with Gasteiger partial charge in [0.1, 0.15) is 11.5 Å². The molecule has 5 nitrogen and oxygen atoms in total. The molecular formula is C22H27NO4. The SMILES string of the molecule is CC(=O)N[C@H](c1ccccc1)[C@H](C(=O)OC(C)(C)C)[C@@H](O)c1ccccc1. The van der Waals surface area contributed by atoms with Gasteiger partial charge < -0.3 is 15.2 Å². The Bertz CT molecular complexity index is 753. The fourth-order valence-electron chi connectivity index (χ4n) is 2.93. The van der Waals surface area contributed by atoms with Crippen LogP contribution in [0.1, 0.15) is 51.0 Å². The highest BCUT2D eigenvalue weighted by Crippen LogP contribution is 2.35. The Morgan fingerprint density at radius 2 is 1.41 bits per heavy atom. The highest BCUT2D eigenvalue weighted by molar-refractivity contribution is 5.78. The zero-order chi connectivity index (χ0) is 20.0. The molecule has 27 heavy (non-hydrogen) atoms. The highest BCUT2D eigenvalue weighted by atomic mass is 16.6. The fourth-order valence-corrected chi connectivity index (χ4v) is 2.93. The predicted octanol–water partition coefficient (Wildman–Crippen LogP) is 3.56. The van der Waals surface area contributed by atoms with Crippen LogP contribution in [-0.4, -0.2) is 22.6 Å². The molecule has 0 aliphatic carbocycles. The molecule has 2 aromatic carbocycles. The van der Waals surface area contributed by atoms with Crippen molar-refractivity contribution in [2.45, 2.75) is 45.4 Å². The normalized spacial score (nSPS) is 14.7. The first-order chi connectivity index (χ1) is 12.7. The van der Waals surface area contributed by atoms with Crippen molar-refractivity contribution in [2.24, 2.45) is 5.92 Å². The molecule has 0 bridgehead atoms. The Balaban J connectivity index is 2.50. The van der Waals surface area contributed by atoms with Gasteiger partial charge >= 0.3 is 5.97 Å². The Labute approximate surface area is 160 Å². The lowest BCUT2D eigenvalue weighted by Crippen LogP contribution is -2.41. The third-order valence-electron chi connectivity index (χ3n) is 4.04. The van der Waals surface area contributed by atoms with E-state index in [1.54, 1.807) is 45.0 Å². The number of hydrogen-bond acceptors (Lipinski definition) is 4. The van der Waals surface area contributed by atoms with Crippen molar-refractivity contribution in [3.8, 4) is 0 Å². The first-order valence-corrected chi connectivity index (χ1v) is 8.97. The van der Waals surface area contributed by atoms with Gasteiger partial charge in [0.15, 0.2) is 0 Å². The quantitative estimate of drug-likeness (QED) is 0.764. The van der Waals surface area contributed by atoms with Gasteiger partial charge in [0.05, 0.1) is 12.1 Å². The van der Waals surface area contributed by atoms with Crippen molar-refractivity contribution >= 4 is 11.9 Å². The number of ether oxygens (including phenoxy) is 1. The molecule has 144 valence electrons. The first kappa shape index (κ1) is 20.6. The number of carbonyl (C=O) groups is 2. The standard InChI is InChI=1S/C22H27NO4/c1-15(24)23-19(16-11-7-5-8-12-16)18(21(26)27-22(2,3)4)20(25)17-13-9-6-10-14-17/h5-14,18-20,25H,1-4H3,(H,23,24)/t18-,19+,20-/m0/s1. The van der Waals surface area contributed by atoms with Crippen molar-refractivity contribution in [1.82, 2.24) is 5.32 Å². The summed E-state index contributed by atoms with van der Waals surface area (Å²) in [5, 5.41) is 13.9. The molecule has 0 aliphatic rings. The largest absolute Gasteiger partial charge is 0.460 e. The maximum Gasteiger partial charge on any atom is 0.314 e. The second-order valence-electron chi connectivity index (χ2n) is 7.50. The number of carbonyl (C=O) groups excluding carboxylic acids is 2. The van der Waals surface area contributed by atoms with Crippen molar-refractivity contribution in [3.05, 3.63) is 71.8 Å². The number of aliphatic hydroxyl groups excluding tert-OH is 1. The van der Waals surface area contributed by atoms with E-state index in [0.717, 1.165) is 5.56 Å². The second-order valence-corrected chi connectivity index (χ2v) is 7.50. The molecule has 3 atom stereocenters. The van der Waals surface area contributed by atoms with Crippen molar-refractivity contribution in [2.75, 3.05) is 0 Å². The summed E-state index contributed by atoms with van der Waals surface area (Å²) in [6.45, 7) is 6.70. The van der Waals surface area contributed by atoms with Crippen LogP contribution < -0.4 is 5.32 Å². The van der Waals surface area contributed by atoms with Gasteiger partial charge in [0.25, 0.3) is 0 Å². The summed E-state index contributed by atoms with van der Waals surface area (Å²) in [7, 11) is 0. The van der Waals surface area contributed by atoms with E-state index < -0.39 is 29.6 Å². The van der Waals surface area contributed by atoms with Gasteiger partial charge in [-0.2, -0.15) is 0 Å². The van der Waals surface area contributed by atoms with E-state index in [4.69, 9.17) is 4.74 Å². The maximum atomic E-state index is 13.0. The van der Waals surface area contributed by atoms with Crippen LogP contribution in [-0.2, 0) is 14.3 Å². The number of amides is 1. The molecule has 0 fully saturated rings. The second kappa shape index (κ2) is 8.82. The molecule has 0 saturated heterocycles. The minimum atomic E-state index is -1.14. The van der Waals surface area contributed by atoms with E-state index in [1.807, 2.05) is 36.4 Å². The van der Waals surface area contributed by atoms with E-state index in [9.17, 15) is 14.7 Å². The predicted molar refractivity (Wildman–Crippen MR) is 104 cm³/mol. The summed E-state index contributed by atoms with van der Waals surface area (Å²) < 4.78 is 5.58. The molecule has 0 unspecified atom stereocenters. The number of rotatable bonds is 6. The van der Waals surface area contributed by atoms with Crippen LogP contribution in [0, 0.1) is 5.92 Å². The van der Waals surface area contributed by atoms with Crippen molar-refractivity contribution in [1.29, 1.82) is 0 Å². The molecule has 0 radical (unpaired) electrons. The number of aliphatic hydroxyl groups is 1. The van der Waals surface area contributed by atoms with Gasteiger partial charge in [0, 0.05) is 6.92 Å². The Hall–Kier alpha value is -2.66. The lowest BCUT2D eigenvalue weighted by Gasteiger charge is -2.32. The number of esters is 1. The van der Waals surface area contributed by atoms with Crippen molar-refractivity contribution < 1.29 is 19.4 Å². The highest BCUT2D eigenvalue weighted by Gasteiger charge is 2.39. The van der Waals surface area contributed by atoms with Crippen molar-refractivity contribution in [3.63, 3.8) is 0 Å². The summed E-state index contributed by atoms with van der Waals surface area (Å²) in [4.78, 5) is 24.9. The van der Waals surface area contributed by atoms with Crippen LogP contribution in [0.25, 0.3) is 0 Å². The summed E-state index contributed by atoms with van der Waals surface area (Å²) in [5.74, 6) is -1.86. The molecule has 2 rings (SSSR count). The average Bonchev–Trinajstić information content (AvgIpc) is 2.60. The van der Waals surface area contributed by atoms with Gasteiger partial charge in [-0.15, -0.1) is 0 Å². The van der Waals surface area contributed by atoms with Gasteiger partial charge in [-0.3, -0.25) is 9.59 Å². The minimum absolute atomic E-state index is 0.294.